The van der Waals surface area contributed by atoms with E-state index >= 15 is 0 Å². The van der Waals surface area contributed by atoms with Crippen molar-refractivity contribution in [2.75, 3.05) is 5.43 Å². The first kappa shape index (κ1) is 16.0. The van der Waals surface area contributed by atoms with Crippen molar-refractivity contribution in [3.8, 4) is 11.3 Å². The first-order valence-corrected chi connectivity index (χ1v) is 9.40. The second kappa shape index (κ2) is 6.80. The Bertz CT molecular complexity index is 989. The molecule has 1 aromatic carbocycles. The fraction of sp³-hybridized carbons (Fsp3) is 0.316. The van der Waals surface area contributed by atoms with Gasteiger partial charge in [-0.25, -0.2) is 9.78 Å². The summed E-state index contributed by atoms with van der Waals surface area (Å²) in [5.74, 6) is 0.521. The van der Waals surface area contributed by atoms with Crippen LogP contribution in [0.15, 0.2) is 50.0 Å². The van der Waals surface area contributed by atoms with Gasteiger partial charge in [-0.3, -0.25) is 5.43 Å². The minimum Gasteiger partial charge on any atom is -0.422 e. The Morgan fingerprint density at radius 2 is 2.20 bits per heavy atom. The van der Waals surface area contributed by atoms with Crippen LogP contribution >= 0.6 is 11.3 Å². The second-order valence-electron chi connectivity index (χ2n) is 6.39. The number of para-hydroxylation sites is 1. The number of benzene rings is 1. The van der Waals surface area contributed by atoms with E-state index in [9.17, 15) is 4.79 Å². The smallest absolute Gasteiger partial charge is 0.345 e. The summed E-state index contributed by atoms with van der Waals surface area (Å²) in [5.41, 5.74) is 5.56. The van der Waals surface area contributed by atoms with Crippen LogP contribution in [-0.4, -0.2) is 10.7 Å². The average molecular weight is 353 g/mol. The lowest BCUT2D eigenvalue weighted by atomic mass is 9.89. The molecule has 1 N–H and O–H groups in total. The van der Waals surface area contributed by atoms with Gasteiger partial charge < -0.3 is 4.42 Å². The van der Waals surface area contributed by atoms with E-state index in [0.29, 0.717) is 27.9 Å². The number of aromatic nitrogens is 1. The van der Waals surface area contributed by atoms with Crippen LogP contribution in [0.3, 0.4) is 0 Å². The number of hydrazone groups is 1. The van der Waals surface area contributed by atoms with E-state index in [1.807, 2.05) is 29.6 Å². The number of nitrogens with zero attached hydrogens (tertiary/aromatic N) is 2. The lowest BCUT2D eigenvalue weighted by Crippen LogP contribution is -2.17. The van der Waals surface area contributed by atoms with Crippen LogP contribution in [0.4, 0.5) is 5.13 Å². The maximum Gasteiger partial charge on any atom is 0.345 e. The van der Waals surface area contributed by atoms with E-state index in [1.165, 1.54) is 36.3 Å². The molecule has 5 nitrogen and oxygen atoms in total. The highest BCUT2D eigenvalue weighted by atomic mass is 32.1. The molecule has 0 amide bonds. The largest absolute Gasteiger partial charge is 0.422 e. The van der Waals surface area contributed by atoms with Crippen LogP contribution in [0.5, 0.6) is 0 Å². The van der Waals surface area contributed by atoms with Gasteiger partial charge in [-0.05, 0) is 37.3 Å². The maximum atomic E-state index is 12.2. The zero-order valence-corrected chi connectivity index (χ0v) is 14.8. The molecule has 0 bridgehead atoms. The fourth-order valence-corrected chi connectivity index (χ4v) is 3.80. The van der Waals surface area contributed by atoms with Crippen molar-refractivity contribution >= 4 is 33.1 Å². The molecular formula is C19H19N3O2S. The zero-order valence-electron chi connectivity index (χ0n) is 14.0. The Hall–Kier alpha value is -2.47. The van der Waals surface area contributed by atoms with Crippen LogP contribution < -0.4 is 11.1 Å². The van der Waals surface area contributed by atoms with E-state index < -0.39 is 0 Å². The highest BCUT2D eigenvalue weighted by Gasteiger charge is 2.16. The summed E-state index contributed by atoms with van der Waals surface area (Å²) in [4.78, 5) is 16.7. The van der Waals surface area contributed by atoms with E-state index in [1.54, 1.807) is 6.07 Å². The quantitative estimate of drug-likeness (QED) is 0.537. The summed E-state index contributed by atoms with van der Waals surface area (Å²) < 4.78 is 5.39. The monoisotopic (exact) mass is 353 g/mol. The van der Waals surface area contributed by atoms with Crippen LogP contribution in [0.2, 0.25) is 0 Å². The van der Waals surface area contributed by atoms with Crippen molar-refractivity contribution in [1.29, 1.82) is 0 Å². The third-order valence-electron chi connectivity index (χ3n) is 4.61. The molecule has 1 fully saturated rings. The molecule has 3 aromatic rings. The molecule has 25 heavy (non-hydrogen) atoms. The Balaban J connectivity index is 1.60. The van der Waals surface area contributed by atoms with Crippen molar-refractivity contribution in [3.05, 3.63) is 46.1 Å². The number of fused-ring (bicyclic) bond motifs is 1. The summed E-state index contributed by atoms with van der Waals surface area (Å²) in [6.45, 7) is 2.22. The topological polar surface area (TPSA) is 67.5 Å². The standard InChI is InChI=1S/C19H19N3O2S/c1-12-6-2-4-8-15(12)21-22-19-20-16(11-25-19)14-10-13-7-3-5-9-17(13)24-18(14)23/h3,5,7,9-12H,2,4,6,8H2,1H3,(H,20,22)/b21-15+. The normalized spacial score (nSPS) is 19.4. The van der Waals surface area contributed by atoms with Gasteiger partial charge in [0.05, 0.1) is 11.3 Å². The lowest BCUT2D eigenvalue weighted by molar-refractivity contribution is 0.558. The molecule has 0 aliphatic heterocycles. The molecule has 0 spiro atoms. The van der Waals surface area contributed by atoms with Gasteiger partial charge in [-0.15, -0.1) is 11.3 Å². The lowest BCUT2D eigenvalue weighted by Gasteiger charge is -2.19. The minimum atomic E-state index is -0.372. The summed E-state index contributed by atoms with van der Waals surface area (Å²) in [7, 11) is 0. The predicted octanol–water partition coefficient (Wildman–Crippen LogP) is 4.89. The van der Waals surface area contributed by atoms with Crippen molar-refractivity contribution in [2.24, 2.45) is 11.0 Å². The maximum absolute atomic E-state index is 12.2. The van der Waals surface area contributed by atoms with Crippen LogP contribution in [0, 0.1) is 5.92 Å². The first-order valence-electron chi connectivity index (χ1n) is 8.52. The van der Waals surface area contributed by atoms with Gasteiger partial charge in [0.1, 0.15) is 5.58 Å². The SMILES string of the molecule is CC1CCCC/C1=N\Nc1nc(-c2cc3ccccc3oc2=O)cs1. The van der Waals surface area contributed by atoms with Crippen LogP contribution in [0.25, 0.3) is 22.2 Å². The van der Waals surface area contributed by atoms with Crippen LogP contribution in [-0.2, 0) is 0 Å². The molecule has 1 aliphatic carbocycles. The van der Waals surface area contributed by atoms with E-state index in [2.05, 4.69) is 22.4 Å². The number of rotatable bonds is 3. The van der Waals surface area contributed by atoms with Gasteiger partial charge in [-0.2, -0.15) is 5.10 Å². The Morgan fingerprint density at radius 1 is 1.32 bits per heavy atom. The summed E-state index contributed by atoms with van der Waals surface area (Å²) in [6.07, 6.45) is 4.72. The Kier molecular flexibility index (Phi) is 4.36. The Labute approximate surface area is 149 Å². The Morgan fingerprint density at radius 3 is 3.08 bits per heavy atom. The average Bonchev–Trinajstić information content (AvgIpc) is 3.09. The van der Waals surface area contributed by atoms with Crippen molar-refractivity contribution in [2.45, 2.75) is 32.6 Å². The number of hydrogen-bond donors (Lipinski definition) is 1. The summed E-state index contributed by atoms with van der Waals surface area (Å²) >= 11 is 1.44. The summed E-state index contributed by atoms with van der Waals surface area (Å²) in [5, 5.41) is 7.95. The molecule has 2 heterocycles. The third-order valence-corrected chi connectivity index (χ3v) is 5.35. The van der Waals surface area contributed by atoms with Crippen LogP contribution in [0.1, 0.15) is 32.6 Å². The van der Waals surface area contributed by atoms with Gasteiger partial charge in [-0.1, -0.05) is 31.5 Å². The van der Waals surface area contributed by atoms with Gasteiger partial charge >= 0.3 is 5.63 Å². The van der Waals surface area contributed by atoms with Gasteiger partial charge in [0, 0.05) is 16.5 Å². The van der Waals surface area contributed by atoms with E-state index in [4.69, 9.17) is 4.42 Å². The number of thiazole rings is 1. The predicted molar refractivity (Wildman–Crippen MR) is 102 cm³/mol. The van der Waals surface area contributed by atoms with E-state index in [-0.39, 0.29) is 5.63 Å². The molecule has 1 unspecified atom stereocenters. The molecule has 1 aliphatic rings. The highest BCUT2D eigenvalue weighted by Crippen LogP contribution is 2.26. The van der Waals surface area contributed by atoms with Gasteiger partial charge in [0.2, 0.25) is 5.13 Å². The molecule has 0 radical (unpaired) electrons. The molecule has 1 atom stereocenters. The first-order chi connectivity index (χ1) is 12.2. The molecule has 4 rings (SSSR count). The molecule has 128 valence electrons. The summed E-state index contributed by atoms with van der Waals surface area (Å²) in [6, 6.07) is 9.30. The minimum absolute atomic E-state index is 0.372. The number of hydrogen-bond acceptors (Lipinski definition) is 6. The molecule has 1 saturated carbocycles. The number of nitrogens with one attached hydrogen (secondary N) is 1. The van der Waals surface area contributed by atoms with Crippen molar-refractivity contribution < 1.29 is 4.42 Å². The van der Waals surface area contributed by atoms with Gasteiger partial charge in [0.15, 0.2) is 0 Å². The van der Waals surface area contributed by atoms with Gasteiger partial charge in [0.25, 0.3) is 0 Å². The van der Waals surface area contributed by atoms with Crippen molar-refractivity contribution in [3.63, 3.8) is 0 Å². The number of anilines is 1. The molecule has 2 aromatic heterocycles. The van der Waals surface area contributed by atoms with E-state index in [0.717, 1.165) is 11.8 Å². The molecular weight excluding hydrogens is 334 g/mol. The molecule has 0 saturated heterocycles. The highest BCUT2D eigenvalue weighted by molar-refractivity contribution is 7.14. The fourth-order valence-electron chi connectivity index (χ4n) is 3.14. The van der Waals surface area contributed by atoms with Crippen molar-refractivity contribution in [1.82, 2.24) is 4.98 Å². The zero-order chi connectivity index (χ0) is 17.2. The second-order valence-corrected chi connectivity index (χ2v) is 7.24. The third kappa shape index (κ3) is 3.35. The molecule has 6 heteroatoms.